The summed E-state index contributed by atoms with van der Waals surface area (Å²) in [6, 6.07) is 19.8. The average Bonchev–Trinajstić information content (AvgIpc) is 3.81. The number of allylic oxidation sites excluding steroid dienone is 1. The van der Waals surface area contributed by atoms with Crippen molar-refractivity contribution in [2.45, 2.75) is 55.5 Å². The summed E-state index contributed by atoms with van der Waals surface area (Å²) in [5.41, 5.74) is 3.04. The van der Waals surface area contributed by atoms with Gasteiger partial charge in [-0.05, 0) is 103 Å². The molecule has 0 unspecified atom stereocenters. The number of nitro groups is 1. The normalized spacial score (nSPS) is 18.4. The number of hydrogen-bond acceptors (Lipinski definition) is 12. The van der Waals surface area contributed by atoms with Gasteiger partial charge in [-0.15, -0.1) is 0 Å². The number of pyridine rings is 1. The first kappa shape index (κ1) is 48.1. The standard InChI is InChI=1S/C49H54ClF3N8O7S/c50-36-3-1-33(2-4-36)40-30-48(12-16-51,13-17-52)11-9-35(40)31-58-19-21-59(22-20-58)37-5-7-39(42(28-37)60-23-26-68-47-44(60)27-34-10-18-54-45(34)56-47)46(62)57-69(65,66)38-6-8-41(43(29-38)61(63)64)55-32-49(53)14-24-67-25-15-49/h1-8,10,18,27-29,55H,9,11-17,19-26,30-32H2,(H,54,56)(H,57,62). The summed E-state index contributed by atoms with van der Waals surface area (Å²) in [6.45, 7) is 3.09. The lowest BCUT2D eigenvalue weighted by Gasteiger charge is -2.41. The molecule has 0 atom stereocenters. The van der Waals surface area contributed by atoms with E-state index in [9.17, 15) is 32.1 Å². The number of alkyl halides is 3. The van der Waals surface area contributed by atoms with Gasteiger partial charge in [0.25, 0.3) is 21.6 Å². The number of amides is 1. The number of sulfonamides is 1. The predicted octanol–water partition coefficient (Wildman–Crippen LogP) is 9.17. The molecule has 3 N–H and O–H groups in total. The molecule has 2 fully saturated rings. The first-order valence-electron chi connectivity index (χ1n) is 23.2. The second kappa shape index (κ2) is 20.2. The van der Waals surface area contributed by atoms with Crippen LogP contribution < -0.4 is 24.6 Å². The van der Waals surface area contributed by atoms with E-state index in [-0.39, 0.29) is 50.5 Å². The third-order valence-corrected chi connectivity index (χ3v) is 15.6. The van der Waals surface area contributed by atoms with Crippen molar-refractivity contribution in [2.75, 3.05) is 94.1 Å². The van der Waals surface area contributed by atoms with Gasteiger partial charge in [-0.25, -0.2) is 17.5 Å². The molecule has 2 saturated heterocycles. The Morgan fingerprint density at radius 3 is 2.39 bits per heavy atom. The Balaban J connectivity index is 0.973. The third kappa shape index (κ3) is 10.5. The van der Waals surface area contributed by atoms with Gasteiger partial charge < -0.3 is 29.6 Å². The summed E-state index contributed by atoms with van der Waals surface area (Å²) < 4.78 is 84.2. The molecule has 0 radical (unpaired) electrons. The van der Waals surface area contributed by atoms with Crippen molar-refractivity contribution in [1.29, 1.82) is 0 Å². The summed E-state index contributed by atoms with van der Waals surface area (Å²) in [5, 5.41) is 16.4. The van der Waals surface area contributed by atoms with Gasteiger partial charge in [0, 0.05) is 93.7 Å². The number of halogens is 4. The summed E-state index contributed by atoms with van der Waals surface area (Å²) in [7, 11) is -4.68. The number of anilines is 4. The molecule has 3 aliphatic heterocycles. The topological polar surface area (TPSA) is 175 Å². The summed E-state index contributed by atoms with van der Waals surface area (Å²) in [5.74, 6) is -0.638. The maximum Gasteiger partial charge on any atom is 0.293 e. The molecule has 0 saturated carbocycles. The molecule has 1 amide bonds. The van der Waals surface area contributed by atoms with E-state index in [1.165, 1.54) is 11.6 Å². The maximum absolute atomic E-state index is 15.3. The lowest BCUT2D eigenvalue weighted by molar-refractivity contribution is -0.384. The number of fused-ring (bicyclic) bond motifs is 2. The fraction of sp³-hybridized carbons (Fsp3) is 0.429. The number of nitro benzene ring substituents is 1. The monoisotopic (exact) mass is 990 g/mol. The number of nitrogens with zero attached hydrogens (tertiary/aromatic N) is 5. The molecule has 69 heavy (non-hydrogen) atoms. The van der Waals surface area contributed by atoms with Crippen molar-refractivity contribution in [1.82, 2.24) is 19.6 Å². The number of hydrogen-bond donors (Lipinski definition) is 3. The van der Waals surface area contributed by atoms with Crippen LogP contribution in [0.4, 0.5) is 41.6 Å². The van der Waals surface area contributed by atoms with E-state index < -0.39 is 55.9 Å². The van der Waals surface area contributed by atoms with Crippen molar-refractivity contribution in [3.8, 4) is 5.88 Å². The third-order valence-electron chi connectivity index (χ3n) is 14.1. The maximum atomic E-state index is 15.3. The lowest BCUT2D eigenvalue weighted by atomic mass is 9.67. The molecule has 0 bridgehead atoms. The highest BCUT2D eigenvalue weighted by molar-refractivity contribution is 7.90. The number of H-pyrrole nitrogens is 1. The van der Waals surface area contributed by atoms with Gasteiger partial charge in [-0.2, -0.15) is 4.98 Å². The fourth-order valence-corrected chi connectivity index (χ4v) is 11.2. The number of benzene rings is 3. The van der Waals surface area contributed by atoms with Crippen LogP contribution in [0.5, 0.6) is 5.88 Å². The molecule has 5 heterocycles. The Labute approximate surface area is 403 Å². The Bertz CT molecular complexity index is 2850. The van der Waals surface area contributed by atoms with E-state index >= 15 is 4.39 Å². The number of rotatable bonds is 16. The van der Waals surface area contributed by atoms with Crippen molar-refractivity contribution in [2.24, 2.45) is 5.41 Å². The minimum atomic E-state index is -4.68. The van der Waals surface area contributed by atoms with Crippen LogP contribution in [0.15, 0.2) is 89.5 Å². The van der Waals surface area contributed by atoms with Gasteiger partial charge >= 0.3 is 0 Å². The van der Waals surface area contributed by atoms with Crippen molar-refractivity contribution >= 4 is 72.6 Å². The number of carbonyl (C=O) groups excluding carboxylic acids is 1. The highest BCUT2D eigenvalue weighted by atomic mass is 35.5. The lowest BCUT2D eigenvalue weighted by Crippen LogP contribution is -2.47. The van der Waals surface area contributed by atoms with Crippen LogP contribution in [0.3, 0.4) is 0 Å². The van der Waals surface area contributed by atoms with Crippen LogP contribution in [0.1, 0.15) is 60.9 Å². The van der Waals surface area contributed by atoms with E-state index in [2.05, 4.69) is 29.8 Å². The minimum Gasteiger partial charge on any atom is -0.474 e. The number of aromatic nitrogens is 2. The zero-order valence-corrected chi connectivity index (χ0v) is 39.5. The molecule has 2 aromatic heterocycles. The molecule has 3 aromatic carbocycles. The van der Waals surface area contributed by atoms with Crippen LogP contribution in [0.25, 0.3) is 16.6 Å². The van der Waals surface area contributed by atoms with Gasteiger partial charge in [0.2, 0.25) is 5.88 Å². The van der Waals surface area contributed by atoms with E-state index in [4.69, 9.17) is 21.1 Å². The minimum absolute atomic E-state index is 0.0241. The Morgan fingerprint density at radius 1 is 0.913 bits per heavy atom. The molecule has 20 heteroatoms. The quantitative estimate of drug-likeness (QED) is 0.0633. The van der Waals surface area contributed by atoms with Gasteiger partial charge in [0.05, 0.1) is 41.0 Å². The Hall–Kier alpha value is -5.89. The molecule has 15 nitrogen and oxygen atoms in total. The molecular weight excluding hydrogens is 937 g/mol. The van der Waals surface area contributed by atoms with Crippen LogP contribution in [0, 0.1) is 15.5 Å². The Kier molecular flexibility index (Phi) is 14.1. The molecule has 0 spiro atoms. The number of nitrogens with one attached hydrogen (secondary N) is 3. The summed E-state index contributed by atoms with van der Waals surface area (Å²) in [4.78, 5) is 39.4. The summed E-state index contributed by atoms with van der Waals surface area (Å²) in [6.07, 6.45) is 4.66. The van der Waals surface area contributed by atoms with Gasteiger partial charge in [-0.1, -0.05) is 29.3 Å². The Morgan fingerprint density at radius 2 is 1.67 bits per heavy atom. The first-order valence-corrected chi connectivity index (χ1v) is 25.1. The fourth-order valence-electron chi connectivity index (χ4n) is 10.0. The second-order valence-electron chi connectivity index (χ2n) is 18.3. The van der Waals surface area contributed by atoms with Crippen LogP contribution in [-0.2, 0) is 14.8 Å². The summed E-state index contributed by atoms with van der Waals surface area (Å²) >= 11 is 6.26. The zero-order chi connectivity index (χ0) is 48.3. The molecule has 1 aliphatic carbocycles. The molecule has 5 aromatic rings. The van der Waals surface area contributed by atoms with Gasteiger partial charge in [0.15, 0.2) is 0 Å². The van der Waals surface area contributed by atoms with Crippen molar-refractivity contribution < 1.29 is 40.8 Å². The van der Waals surface area contributed by atoms with E-state index in [0.717, 1.165) is 47.2 Å². The number of piperazine rings is 1. The number of carbonyl (C=O) groups is 1. The molecule has 366 valence electrons. The number of ether oxygens (including phenoxy) is 2. The highest BCUT2D eigenvalue weighted by Crippen LogP contribution is 2.49. The van der Waals surface area contributed by atoms with Crippen LogP contribution in [-0.4, -0.2) is 119 Å². The molecular formula is C49H54ClF3N8O7S. The molecule has 4 aliphatic rings. The van der Waals surface area contributed by atoms with Gasteiger partial charge in [-0.3, -0.25) is 28.6 Å². The highest BCUT2D eigenvalue weighted by Gasteiger charge is 2.37. The zero-order valence-electron chi connectivity index (χ0n) is 38.0. The molecule has 9 rings (SSSR count). The average molecular weight is 992 g/mol. The van der Waals surface area contributed by atoms with E-state index in [0.29, 0.717) is 86.5 Å². The smallest absolute Gasteiger partial charge is 0.293 e. The van der Waals surface area contributed by atoms with Crippen molar-refractivity contribution in [3.63, 3.8) is 0 Å². The van der Waals surface area contributed by atoms with Crippen LogP contribution in [0.2, 0.25) is 5.02 Å². The second-order valence-corrected chi connectivity index (χ2v) is 20.4. The number of aromatic amines is 1. The van der Waals surface area contributed by atoms with Crippen molar-refractivity contribution in [3.05, 3.63) is 111 Å². The SMILES string of the molecule is O=C(NS(=O)(=O)c1ccc(NCC2(F)CCOCC2)c([N+](=O)[O-])c1)c1ccc(N2CCN(CC3=C(c4ccc(Cl)cc4)CC(CCF)(CCF)CC3)CC2)cc1N1CCOc2nc3[nH]ccc3cc21. The predicted molar refractivity (Wildman–Crippen MR) is 260 cm³/mol. The van der Waals surface area contributed by atoms with Crippen LogP contribution >= 0.6 is 11.6 Å². The van der Waals surface area contributed by atoms with E-state index in [1.54, 1.807) is 18.3 Å². The largest absolute Gasteiger partial charge is 0.474 e. The van der Waals surface area contributed by atoms with E-state index in [1.807, 2.05) is 47.4 Å². The van der Waals surface area contributed by atoms with Gasteiger partial charge in [0.1, 0.15) is 29.3 Å². The first-order chi connectivity index (χ1) is 33.3.